The largest absolute Gasteiger partial charge is 0.508 e. The standard InChI is InChI=1S/C18H19N3O3S2/c1-7-5-6-10(22)8(2)13(7)21-15(19)12(16(20)23)14-11(17(21)24)9(3)18(25-4)26-14/h5-6,22H,19H2,1-4H3,(H2,20,23). The van der Waals surface area contributed by atoms with Crippen molar-refractivity contribution in [1.82, 2.24) is 4.57 Å². The van der Waals surface area contributed by atoms with E-state index in [0.717, 1.165) is 15.3 Å². The number of thiophene rings is 1. The number of rotatable bonds is 3. The Morgan fingerprint density at radius 1 is 1.23 bits per heavy atom. The minimum Gasteiger partial charge on any atom is -0.508 e. The minimum atomic E-state index is -0.689. The number of benzene rings is 1. The summed E-state index contributed by atoms with van der Waals surface area (Å²) >= 11 is 2.85. The van der Waals surface area contributed by atoms with Crippen molar-refractivity contribution >= 4 is 44.9 Å². The number of thioether (sulfide) groups is 1. The molecule has 1 aromatic carbocycles. The number of amides is 1. The maximum absolute atomic E-state index is 13.3. The Bertz CT molecular complexity index is 1130. The number of aromatic hydroxyl groups is 1. The lowest BCUT2D eigenvalue weighted by Gasteiger charge is -2.18. The van der Waals surface area contributed by atoms with Crippen LogP contribution in [0.5, 0.6) is 5.75 Å². The van der Waals surface area contributed by atoms with Crippen LogP contribution in [0.2, 0.25) is 0 Å². The summed E-state index contributed by atoms with van der Waals surface area (Å²) in [5, 5.41) is 10.5. The molecule has 1 amide bonds. The smallest absolute Gasteiger partial charge is 0.265 e. The maximum Gasteiger partial charge on any atom is 0.265 e. The van der Waals surface area contributed by atoms with Crippen molar-refractivity contribution in [2.45, 2.75) is 25.0 Å². The van der Waals surface area contributed by atoms with Crippen LogP contribution in [-0.4, -0.2) is 21.8 Å². The van der Waals surface area contributed by atoms with Crippen LogP contribution < -0.4 is 17.0 Å². The second-order valence-corrected chi connectivity index (χ2v) is 8.16. The molecule has 0 spiro atoms. The first kappa shape index (κ1) is 18.3. The van der Waals surface area contributed by atoms with E-state index in [0.29, 0.717) is 21.3 Å². The van der Waals surface area contributed by atoms with Gasteiger partial charge in [0.05, 0.1) is 25.5 Å². The van der Waals surface area contributed by atoms with Crippen LogP contribution in [0.4, 0.5) is 5.82 Å². The predicted octanol–water partition coefficient (Wildman–Crippen LogP) is 3.09. The van der Waals surface area contributed by atoms with E-state index in [-0.39, 0.29) is 22.7 Å². The number of nitrogen functional groups attached to an aromatic ring is 1. The first-order valence-corrected chi connectivity index (χ1v) is 9.85. The summed E-state index contributed by atoms with van der Waals surface area (Å²) in [4.78, 5) is 25.5. The van der Waals surface area contributed by atoms with E-state index in [9.17, 15) is 14.7 Å². The van der Waals surface area contributed by atoms with Gasteiger partial charge in [0.1, 0.15) is 11.6 Å². The molecule has 3 rings (SSSR count). The zero-order valence-corrected chi connectivity index (χ0v) is 16.5. The number of aromatic nitrogens is 1. The van der Waals surface area contributed by atoms with Gasteiger partial charge in [0.2, 0.25) is 0 Å². The molecule has 0 saturated carbocycles. The quantitative estimate of drug-likeness (QED) is 0.596. The van der Waals surface area contributed by atoms with Crippen LogP contribution in [0.1, 0.15) is 27.0 Å². The summed E-state index contributed by atoms with van der Waals surface area (Å²) in [6.45, 7) is 5.36. The van der Waals surface area contributed by atoms with Crippen LogP contribution in [0.25, 0.3) is 15.8 Å². The van der Waals surface area contributed by atoms with Gasteiger partial charge in [0.25, 0.3) is 11.5 Å². The molecule has 136 valence electrons. The Balaban J connectivity index is 2.61. The van der Waals surface area contributed by atoms with Crippen molar-refractivity contribution in [1.29, 1.82) is 0 Å². The Kier molecular flexibility index (Phi) is 4.49. The number of aryl methyl sites for hydroxylation is 2. The number of phenols is 1. The van der Waals surface area contributed by atoms with Crippen LogP contribution in [-0.2, 0) is 0 Å². The molecule has 0 aliphatic heterocycles. The van der Waals surface area contributed by atoms with E-state index in [2.05, 4.69) is 0 Å². The highest BCUT2D eigenvalue weighted by atomic mass is 32.2. The van der Waals surface area contributed by atoms with Gasteiger partial charge in [-0.1, -0.05) is 6.07 Å². The van der Waals surface area contributed by atoms with Crippen molar-refractivity contribution < 1.29 is 9.90 Å². The van der Waals surface area contributed by atoms with E-state index < -0.39 is 5.91 Å². The number of nitrogens with zero attached hydrogens (tertiary/aromatic N) is 1. The van der Waals surface area contributed by atoms with E-state index in [1.165, 1.54) is 27.7 Å². The third kappa shape index (κ3) is 2.48. The maximum atomic E-state index is 13.3. The van der Waals surface area contributed by atoms with Crippen LogP contribution in [0.3, 0.4) is 0 Å². The van der Waals surface area contributed by atoms with Crippen molar-refractivity contribution in [2.75, 3.05) is 12.0 Å². The molecule has 0 aliphatic rings. The van der Waals surface area contributed by atoms with Gasteiger partial charge in [-0.15, -0.1) is 23.1 Å². The molecule has 0 radical (unpaired) electrons. The molecule has 3 aromatic rings. The van der Waals surface area contributed by atoms with Gasteiger partial charge in [-0.25, -0.2) is 0 Å². The highest BCUT2D eigenvalue weighted by molar-refractivity contribution is 8.00. The zero-order valence-electron chi connectivity index (χ0n) is 14.8. The lowest BCUT2D eigenvalue weighted by molar-refractivity contribution is 0.100. The van der Waals surface area contributed by atoms with Crippen molar-refractivity contribution in [3.8, 4) is 11.4 Å². The number of carbonyl (C=O) groups is 1. The number of primary amides is 1. The van der Waals surface area contributed by atoms with Crippen molar-refractivity contribution in [3.05, 3.63) is 44.7 Å². The van der Waals surface area contributed by atoms with Crippen molar-refractivity contribution in [3.63, 3.8) is 0 Å². The summed E-state index contributed by atoms with van der Waals surface area (Å²) in [6.07, 6.45) is 1.91. The highest BCUT2D eigenvalue weighted by Crippen LogP contribution is 2.39. The number of hydrogen-bond donors (Lipinski definition) is 3. The molecule has 26 heavy (non-hydrogen) atoms. The number of anilines is 1. The lowest BCUT2D eigenvalue weighted by atomic mass is 10.1. The molecule has 2 heterocycles. The third-order valence-corrected chi connectivity index (χ3v) is 7.03. The van der Waals surface area contributed by atoms with E-state index in [4.69, 9.17) is 11.5 Å². The Hall–Kier alpha value is -2.45. The molecule has 8 heteroatoms. The van der Waals surface area contributed by atoms with Gasteiger partial charge in [0, 0.05) is 5.56 Å². The Morgan fingerprint density at radius 3 is 2.46 bits per heavy atom. The molecular weight excluding hydrogens is 370 g/mol. The average molecular weight is 390 g/mol. The number of carbonyl (C=O) groups excluding carboxylic acids is 1. The highest BCUT2D eigenvalue weighted by Gasteiger charge is 2.25. The molecule has 5 N–H and O–H groups in total. The number of hydrogen-bond acceptors (Lipinski definition) is 6. The van der Waals surface area contributed by atoms with Gasteiger partial charge in [-0.3, -0.25) is 14.2 Å². The molecule has 0 bridgehead atoms. The molecule has 6 nitrogen and oxygen atoms in total. The van der Waals surface area contributed by atoms with Gasteiger partial charge in [0.15, 0.2) is 0 Å². The summed E-state index contributed by atoms with van der Waals surface area (Å²) in [5.74, 6) is -0.657. The van der Waals surface area contributed by atoms with Gasteiger partial charge >= 0.3 is 0 Å². The summed E-state index contributed by atoms with van der Waals surface area (Å²) in [5.41, 5.74) is 14.2. The monoisotopic (exact) mass is 389 g/mol. The fourth-order valence-electron chi connectivity index (χ4n) is 3.20. The first-order valence-electron chi connectivity index (χ1n) is 7.81. The topological polar surface area (TPSA) is 111 Å². The van der Waals surface area contributed by atoms with Crippen LogP contribution >= 0.6 is 23.1 Å². The van der Waals surface area contributed by atoms with E-state index >= 15 is 0 Å². The normalized spacial score (nSPS) is 11.2. The summed E-state index contributed by atoms with van der Waals surface area (Å²) in [7, 11) is 0. The summed E-state index contributed by atoms with van der Waals surface area (Å²) in [6, 6.07) is 3.26. The van der Waals surface area contributed by atoms with Crippen molar-refractivity contribution in [2.24, 2.45) is 5.73 Å². The molecular formula is C18H19N3O3S2. The number of nitrogens with two attached hydrogens (primary N) is 2. The predicted molar refractivity (Wildman–Crippen MR) is 108 cm³/mol. The lowest BCUT2D eigenvalue weighted by Crippen LogP contribution is -2.27. The fraction of sp³-hybridized carbons (Fsp3) is 0.222. The third-order valence-electron chi connectivity index (χ3n) is 4.50. The molecule has 0 saturated heterocycles. The minimum absolute atomic E-state index is 0.0132. The number of fused-ring (bicyclic) bond motifs is 1. The second kappa shape index (κ2) is 6.37. The SMILES string of the molecule is CSc1sc2c(C(N)=O)c(N)n(-c3c(C)ccc(O)c3C)c(=O)c2c1C. The number of phenolic OH excluding ortho intramolecular Hbond substituents is 1. The molecule has 0 aliphatic carbocycles. The van der Waals surface area contributed by atoms with Crippen LogP contribution in [0.15, 0.2) is 21.1 Å². The zero-order chi connectivity index (χ0) is 19.3. The average Bonchev–Trinajstić information content (AvgIpc) is 2.90. The summed E-state index contributed by atoms with van der Waals surface area (Å²) < 4.78 is 2.73. The van der Waals surface area contributed by atoms with Gasteiger partial charge in [-0.2, -0.15) is 0 Å². The number of pyridine rings is 1. The molecule has 0 unspecified atom stereocenters. The van der Waals surface area contributed by atoms with E-state index in [1.54, 1.807) is 19.1 Å². The van der Waals surface area contributed by atoms with Crippen LogP contribution in [0, 0.1) is 20.8 Å². The van der Waals surface area contributed by atoms with Gasteiger partial charge < -0.3 is 16.6 Å². The fourth-order valence-corrected chi connectivity index (χ4v) is 5.28. The molecule has 0 atom stereocenters. The second-order valence-electron chi connectivity index (χ2n) is 6.06. The molecule has 0 fully saturated rings. The first-order chi connectivity index (χ1) is 12.2. The molecule has 2 aromatic heterocycles. The van der Waals surface area contributed by atoms with E-state index in [1.807, 2.05) is 20.1 Å². The Labute approximate surface area is 158 Å². The Morgan fingerprint density at radius 2 is 1.88 bits per heavy atom. The van der Waals surface area contributed by atoms with Gasteiger partial charge in [-0.05, 0) is 44.2 Å².